The molecule has 2 atom stereocenters. The number of methoxy groups -OCH3 is 1. The van der Waals surface area contributed by atoms with Gasteiger partial charge >= 0.3 is 0 Å². The number of hydrogen-bond donors (Lipinski definition) is 2. The third-order valence-electron chi connectivity index (χ3n) is 5.44. The number of aliphatic hydroxyl groups excluding tert-OH is 2. The van der Waals surface area contributed by atoms with Crippen LogP contribution in [0.15, 0.2) is 30.5 Å². The van der Waals surface area contributed by atoms with Crippen molar-refractivity contribution in [1.82, 2.24) is 15.0 Å². The minimum absolute atomic E-state index is 0.118. The summed E-state index contributed by atoms with van der Waals surface area (Å²) in [4.78, 5) is 13.5. The van der Waals surface area contributed by atoms with E-state index in [1.807, 2.05) is 6.07 Å². The van der Waals surface area contributed by atoms with E-state index >= 15 is 0 Å². The van der Waals surface area contributed by atoms with E-state index < -0.39 is 18.0 Å². The van der Waals surface area contributed by atoms with Crippen molar-refractivity contribution >= 4 is 32.6 Å². The summed E-state index contributed by atoms with van der Waals surface area (Å²) in [5.41, 5.74) is 3.05. The van der Waals surface area contributed by atoms with Crippen LogP contribution in [-0.4, -0.2) is 44.5 Å². The Labute approximate surface area is 181 Å². The fourth-order valence-electron chi connectivity index (χ4n) is 3.86. The quantitative estimate of drug-likeness (QED) is 0.486. The van der Waals surface area contributed by atoms with Crippen LogP contribution in [0.5, 0.6) is 11.6 Å². The Balaban J connectivity index is 1.59. The molecule has 0 saturated heterocycles. The number of thiazole rings is 1. The zero-order valence-electron chi connectivity index (χ0n) is 16.7. The molecule has 1 fully saturated rings. The van der Waals surface area contributed by atoms with E-state index in [0.29, 0.717) is 51.4 Å². The average molecular weight is 441 g/mol. The van der Waals surface area contributed by atoms with Gasteiger partial charge in [0.2, 0.25) is 5.88 Å². The lowest BCUT2D eigenvalue weighted by molar-refractivity contribution is 0.0580. The lowest BCUT2D eigenvalue weighted by Crippen LogP contribution is -2.25. The molecular weight excluding hydrogens is 421 g/mol. The fourth-order valence-corrected chi connectivity index (χ4v) is 4.85. The molecule has 0 radical (unpaired) electrons. The monoisotopic (exact) mass is 441 g/mol. The molecule has 2 N–H and O–H groups in total. The summed E-state index contributed by atoms with van der Waals surface area (Å²) in [5, 5.41) is 20.3. The number of hydrogen-bond acceptors (Lipinski definition) is 8. The van der Waals surface area contributed by atoms with Gasteiger partial charge in [-0.3, -0.25) is 0 Å². The number of rotatable bonds is 5. The highest BCUT2D eigenvalue weighted by atomic mass is 32.1. The summed E-state index contributed by atoms with van der Waals surface area (Å²) in [7, 11) is 1.51. The predicted molar refractivity (Wildman–Crippen MR) is 115 cm³/mol. The highest BCUT2D eigenvalue weighted by molar-refractivity contribution is 7.21. The summed E-state index contributed by atoms with van der Waals surface area (Å²) in [6, 6.07) is 6.53. The van der Waals surface area contributed by atoms with Crippen molar-refractivity contribution in [2.45, 2.75) is 38.1 Å². The molecule has 1 aliphatic rings. The fraction of sp³-hybridized carbons (Fsp3) is 0.318. The van der Waals surface area contributed by atoms with Crippen molar-refractivity contribution in [3.05, 3.63) is 41.8 Å². The van der Waals surface area contributed by atoms with Gasteiger partial charge in [0.15, 0.2) is 11.6 Å². The first kappa shape index (κ1) is 20.0. The molecule has 7 nitrogen and oxygen atoms in total. The van der Waals surface area contributed by atoms with E-state index in [9.17, 15) is 14.6 Å². The minimum atomic E-state index is -0.574. The number of halogens is 1. The first-order valence-corrected chi connectivity index (χ1v) is 10.8. The first-order chi connectivity index (χ1) is 15.1. The van der Waals surface area contributed by atoms with E-state index in [1.54, 1.807) is 12.1 Å². The predicted octanol–water partition coefficient (Wildman–Crippen LogP) is 3.84. The van der Waals surface area contributed by atoms with Crippen molar-refractivity contribution < 1.29 is 24.1 Å². The Morgan fingerprint density at radius 2 is 2.03 bits per heavy atom. The number of fused-ring (bicyclic) bond motifs is 2. The Morgan fingerprint density at radius 1 is 1.16 bits per heavy atom. The molecule has 0 spiro atoms. The van der Waals surface area contributed by atoms with Gasteiger partial charge in [-0.15, -0.1) is 11.3 Å². The molecule has 160 valence electrons. The van der Waals surface area contributed by atoms with Gasteiger partial charge in [-0.1, -0.05) is 0 Å². The van der Waals surface area contributed by atoms with Gasteiger partial charge in [0.1, 0.15) is 11.1 Å². The van der Waals surface area contributed by atoms with E-state index in [1.165, 1.54) is 30.7 Å². The third kappa shape index (κ3) is 3.69. The summed E-state index contributed by atoms with van der Waals surface area (Å²) in [6.07, 6.45) is 2.79. The molecule has 2 aromatic carbocycles. The van der Waals surface area contributed by atoms with Gasteiger partial charge in [-0.2, -0.15) is 0 Å². The minimum Gasteiger partial charge on any atom is -0.485 e. The van der Waals surface area contributed by atoms with Crippen molar-refractivity contribution in [3.8, 4) is 22.2 Å². The number of aliphatic hydroxyl groups is 2. The third-order valence-corrected chi connectivity index (χ3v) is 6.50. The van der Waals surface area contributed by atoms with Crippen molar-refractivity contribution in [3.63, 3.8) is 0 Å². The van der Waals surface area contributed by atoms with Gasteiger partial charge in [0, 0.05) is 17.7 Å². The molecule has 0 aliphatic heterocycles. The van der Waals surface area contributed by atoms with Crippen LogP contribution in [0.3, 0.4) is 0 Å². The normalized spacial score (nSPS) is 18.7. The van der Waals surface area contributed by atoms with E-state index in [0.717, 1.165) is 11.1 Å². The van der Waals surface area contributed by atoms with Crippen molar-refractivity contribution in [1.29, 1.82) is 0 Å². The van der Waals surface area contributed by atoms with Gasteiger partial charge in [-0.05, 0) is 37.0 Å². The smallest absolute Gasteiger partial charge is 0.232 e. The molecule has 2 heterocycles. The zero-order chi connectivity index (χ0) is 21.5. The lowest BCUT2D eigenvalue weighted by Gasteiger charge is -2.17. The highest BCUT2D eigenvalue weighted by Crippen LogP contribution is 2.38. The lowest BCUT2D eigenvalue weighted by atomic mass is 10.1. The number of nitrogens with zero attached hydrogens (tertiary/aromatic N) is 3. The Bertz CT molecular complexity index is 1270. The summed E-state index contributed by atoms with van der Waals surface area (Å²) >= 11 is 1.37. The van der Waals surface area contributed by atoms with E-state index in [-0.39, 0.29) is 12.4 Å². The van der Waals surface area contributed by atoms with Gasteiger partial charge in [-0.25, -0.2) is 19.3 Å². The molecule has 1 aliphatic carbocycles. The van der Waals surface area contributed by atoms with Crippen LogP contribution in [0.2, 0.25) is 0 Å². The SMILES string of the molecule is COc1cnc2c(-c3nc4cc(F)c(OC5CCC[C@H]5O)cc4s3)cc(CO)cc2n1. The molecule has 0 amide bonds. The van der Waals surface area contributed by atoms with Gasteiger partial charge < -0.3 is 19.7 Å². The topological polar surface area (TPSA) is 97.6 Å². The Kier molecular flexibility index (Phi) is 5.17. The van der Waals surface area contributed by atoms with Crippen LogP contribution >= 0.6 is 11.3 Å². The van der Waals surface area contributed by atoms with Crippen LogP contribution in [0.4, 0.5) is 4.39 Å². The maximum Gasteiger partial charge on any atom is 0.232 e. The standard InChI is InChI=1S/C22H20FN3O4S/c1-29-20-9-24-21-12(5-11(10-27)6-15(21)25-20)22-26-14-7-13(23)18(8-19(14)31-22)30-17-4-2-3-16(17)28/h5-9,16-17,27-28H,2-4,10H2,1H3/t16-,17?/m1/s1. The molecule has 9 heteroatoms. The molecular formula is C22H20FN3O4S. The van der Waals surface area contributed by atoms with Crippen LogP contribution in [0, 0.1) is 5.82 Å². The number of aromatic nitrogens is 3. The highest BCUT2D eigenvalue weighted by Gasteiger charge is 2.28. The number of benzene rings is 2. The van der Waals surface area contributed by atoms with E-state index in [4.69, 9.17) is 9.47 Å². The summed E-state index contributed by atoms with van der Waals surface area (Å²) < 4.78 is 26.3. The van der Waals surface area contributed by atoms with Crippen LogP contribution in [0.25, 0.3) is 31.8 Å². The summed E-state index contributed by atoms with van der Waals surface area (Å²) in [6.45, 7) is -0.164. The van der Waals surface area contributed by atoms with Gasteiger partial charge in [0.05, 0.1) is 47.3 Å². The molecule has 1 unspecified atom stereocenters. The zero-order valence-corrected chi connectivity index (χ0v) is 17.5. The second kappa shape index (κ2) is 7.99. The molecule has 31 heavy (non-hydrogen) atoms. The van der Waals surface area contributed by atoms with E-state index in [2.05, 4.69) is 15.0 Å². The average Bonchev–Trinajstić information content (AvgIpc) is 3.38. The first-order valence-electron chi connectivity index (χ1n) is 9.95. The largest absolute Gasteiger partial charge is 0.485 e. The maximum absolute atomic E-state index is 14.7. The van der Waals surface area contributed by atoms with Crippen LogP contribution < -0.4 is 9.47 Å². The molecule has 4 aromatic rings. The molecule has 2 aromatic heterocycles. The second-order valence-electron chi connectivity index (χ2n) is 7.51. The molecule has 0 bridgehead atoms. The Morgan fingerprint density at radius 3 is 2.77 bits per heavy atom. The maximum atomic E-state index is 14.7. The Hall–Kier alpha value is -2.88. The van der Waals surface area contributed by atoms with Crippen molar-refractivity contribution in [2.24, 2.45) is 0 Å². The molecule has 1 saturated carbocycles. The summed E-state index contributed by atoms with van der Waals surface area (Å²) in [5.74, 6) is -0.0232. The van der Waals surface area contributed by atoms with Crippen LogP contribution in [-0.2, 0) is 6.61 Å². The van der Waals surface area contributed by atoms with Crippen molar-refractivity contribution in [2.75, 3.05) is 7.11 Å². The molecule has 5 rings (SSSR count). The van der Waals surface area contributed by atoms with Gasteiger partial charge in [0.25, 0.3) is 0 Å². The van der Waals surface area contributed by atoms with Crippen LogP contribution in [0.1, 0.15) is 24.8 Å². The second-order valence-corrected chi connectivity index (χ2v) is 8.54. The number of ether oxygens (including phenoxy) is 2.